The van der Waals surface area contributed by atoms with Gasteiger partial charge in [-0.25, -0.2) is 8.42 Å². The molecule has 0 atom stereocenters. The molecule has 1 aliphatic rings. The summed E-state index contributed by atoms with van der Waals surface area (Å²) < 4.78 is 27.0. The van der Waals surface area contributed by atoms with Crippen molar-refractivity contribution in [3.63, 3.8) is 0 Å². The molecule has 0 bridgehead atoms. The molecule has 1 saturated heterocycles. The standard InChI is InChI=1S/C22H26ClN3O3S/c1-2-12-24(17-19-6-4-3-5-7-19)18-22(27)25-13-15-26(16-14-25)30(28,29)21-10-8-20(23)9-11-21/h2-11H,1,12-18H2. The molecule has 1 amide bonds. The first-order chi connectivity index (χ1) is 14.4. The Morgan fingerprint density at radius 3 is 2.27 bits per heavy atom. The van der Waals surface area contributed by atoms with Gasteiger partial charge in [0.25, 0.3) is 0 Å². The van der Waals surface area contributed by atoms with Crippen molar-refractivity contribution in [2.45, 2.75) is 11.4 Å². The SMILES string of the molecule is C=CCN(CC(=O)N1CCN(S(=O)(=O)c2ccc(Cl)cc2)CC1)Cc1ccccc1. The quantitative estimate of drug-likeness (QED) is 0.584. The van der Waals surface area contributed by atoms with Crippen LogP contribution in [0.15, 0.2) is 72.1 Å². The first-order valence-corrected chi connectivity index (χ1v) is 11.6. The zero-order valence-electron chi connectivity index (χ0n) is 16.8. The molecule has 1 heterocycles. The number of hydrogen-bond donors (Lipinski definition) is 0. The second kappa shape index (κ2) is 10.2. The molecule has 6 nitrogen and oxygen atoms in total. The van der Waals surface area contributed by atoms with Crippen molar-refractivity contribution in [1.29, 1.82) is 0 Å². The van der Waals surface area contributed by atoms with Crippen molar-refractivity contribution in [3.05, 3.63) is 77.8 Å². The Hall–Kier alpha value is -2.19. The van der Waals surface area contributed by atoms with Crippen LogP contribution in [-0.2, 0) is 21.4 Å². The zero-order chi connectivity index (χ0) is 21.6. The van der Waals surface area contributed by atoms with E-state index in [9.17, 15) is 13.2 Å². The molecule has 0 saturated carbocycles. The van der Waals surface area contributed by atoms with Gasteiger partial charge in [-0.05, 0) is 29.8 Å². The Kier molecular flexibility index (Phi) is 7.66. The minimum atomic E-state index is -3.59. The number of halogens is 1. The number of rotatable bonds is 8. The molecule has 30 heavy (non-hydrogen) atoms. The maximum Gasteiger partial charge on any atom is 0.243 e. The molecule has 3 rings (SSSR count). The van der Waals surface area contributed by atoms with E-state index in [-0.39, 0.29) is 30.4 Å². The Balaban J connectivity index is 1.57. The highest BCUT2D eigenvalue weighted by atomic mass is 35.5. The third-order valence-electron chi connectivity index (χ3n) is 5.04. The zero-order valence-corrected chi connectivity index (χ0v) is 18.4. The van der Waals surface area contributed by atoms with E-state index in [1.54, 1.807) is 23.1 Å². The van der Waals surface area contributed by atoms with Gasteiger partial charge in [0.1, 0.15) is 0 Å². The average Bonchev–Trinajstić information content (AvgIpc) is 2.75. The summed E-state index contributed by atoms with van der Waals surface area (Å²) in [5.74, 6) is -0.00341. The third kappa shape index (κ3) is 5.70. The number of piperazine rings is 1. The van der Waals surface area contributed by atoms with Gasteiger partial charge in [-0.1, -0.05) is 48.0 Å². The van der Waals surface area contributed by atoms with Gasteiger partial charge in [0.2, 0.25) is 15.9 Å². The van der Waals surface area contributed by atoms with Crippen molar-refractivity contribution in [2.24, 2.45) is 0 Å². The first kappa shape index (κ1) is 22.5. The molecule has 2 aromatic rings. The van der Waals surface area contributed by atoms with E-state index in [2.05, 4.69) is 6.58 Å². The summed E-state index contributed by atoms with van der Waals surface area (Å²) in [5, 5.41) is 0.490. The normalized spacial score (nSPS) is 15.3. The molecule has 0 spiro atoms. The van der Waals surface area contributed by atoms with Crippen LogP contribution in [0.3, 0.4) is 0 Å². The number of amides is 1. The van der Waals surface area contributed by atoms with Crippen LogP contribution in [-0.4, -0.2) is 67.7 Å². The van der Waals surface area contributed by atoms with E-state index in [0.717, 1.165) is 5.56 Å². The highest BCUT2D eigenvalue weighted by molar-refractivity contribution is 7.89. The van der Waals surface area contributed by atoms with Gasteiger partial charge < -0.3 is 4.90 Å². The van der Waals surface area contributed by atoms with Gasteiger partial charge in [0.05, 0.1) is 11.4 Å². The van der Waals surface area contributed by atoms with E-state index in [4.69, 9.17) is 11.6 Å². The maximum absolute atomic E-state index is 12.8. The molecule has 2 aromatic carbocycles. The van der Waals surface area contributed by atoms with Crippen molar-refractivity contribution in [1.82, 2.24) is 14.1 Å². The first-order valence-electron chi connectivity index (χ1n) is 9.81. The van der Waals surface area contributed by atoms with Crippen LogP contribution in [0.5, 0.6) is 0 Å². The largest absolute Gasteiger partial charge is 0.339 e. The van der Waals surface area contributed by atoms with Gasteiger partial charge in [0, 0.05) is 44.3 Å². The van der Waals surface area contributed by atoms with E-state index in [1.165, 1.54) is 16.4 Å². The summed E-state index contributed by atoms with van der Waals surface area (Å²) in [7, 11) is -3.59. The smallest absolute Gasteiger partial charge is 0.243 e. The van der Waals surface area contributed by atoms with Crippen LogP contribution in [0.2, 0.25) is 5.02 Å². The Morgan fingerprint density at radius 2 is 1.67 bits per heavy atom. The summed E-state index contributed by atoms with van der Waals surface area (Å²) >= 11 is 5.85. The lowest BCUT2D eigenvalue weighted by Crippen LogP contribution is -2.52. The fraction of sp³-hybridized carbons (Fsp3) is 0.318. The van der Waals surface area contributed by atoms with Crippen LogP contribution in [0.4, 0.5) is 0 Å². The molecule has 1 aliphatic heterocycles. The van der Waals surface area contributed by atoms with Crippen LogP contribution in [0, 0.1) is 0 Å². The van der Waals surface area contributed by atoms with Gasteiger partial charge in [-0.2, -0.15) is 4.31 Å². The highest BCUT2D eigenvalue weighted by Gasteiger charge is 2.30. The minimum Gasteiger partial charge on any atom is -0.339 e. The second-order valence-corrected chi connectivity index (χ2v) is 9.56. The third-order valence-corrected chi connectivity index (χ3v) is 7.20. The monoisotopic (exact) mass is 447 g/mol. The average molecular weight is 448 g/mol. The van der Waals surface area contributed by atoms with E-state index >= 15 is 0 Å². The molecule has 0 N–H and O–H groups in total. The van der Waals surface area contributed by atoms with Crippen LogP contribution in [0.1, 0.15) is 5.56 Å². The molecular formula is C22H26ClN3O3S. The Bertz CT molecular complexity index is 957. The molecule has 1 fully saturated rings. The lowest BCUT2D eigenvalue weighted by atomic mass is 10.2. The van der Waals surface area contributed by atoms with Gasteiger partial charge in [-0.15, -0.1) is 6.58 Å². The van der Waals surface area contributed by atoms with E-state index in [1.807, 2.05) is 35.2 Å². The molecule has 0 radical (unpaired) electrons. The number of carbonyl (C=O) groups excluding carboxylic acids is 1. The van der Waals surface area contributed by atoms with Crippen LogP contribution < -0.4 is 0 Å². The molecule has 0 aromatic heterocycles. The fourth-order valence-electron chi connectivity index (χ4n) is 3.43. The van der Waals surface area contributed by atoms with Crippen molar-refractivity contribution in [2.75, 3.05) is 39.3 Å². The summed E-state index contributed by atoms with van der Waals surface area (Å²) in [4.78, 5) is 16.8. The lowest BCUT2D eigenvalue weighted by molar-refractivity contribution is -0.133. The van der Waals surface area contributed by atoms with E-state index < -0.39 is 10.0 Å². The number of nitrogens with zero attached hydrogens (tertiary/aromatic N) is 3. The van der Waals surface area contributed by atoms with Crippen molar-refractivity contribution < 1.29 is 13.2 Å². The number of carbonyl (C=O) groups is 1. The maximum atomic E-state index is 12.8. The molecule has 0 aliphatic carbocycles. The van der Waals surface area contributed by atoms with Gasteiger partial charge in [0.15, 0.2) is 0 Å². The van der Waals surface area contributed by atoms with Crippen molar-refractivity contribution in [3.8, 4) is 0 Å². The van der Waals surface area contributed by atoms with Gasteiger partial charge in [-0.3, -0.25) is 9.69 Å². The fourth-order valence-corrected chi connectivity index (χ4v) is 4.98. The number of sulfonamides is 1. The highest BCUT2D eigenvalue weighted by Crippen LogP contribution is 2.20. The second-order valence-electron chi connectivity index (χ2n) is 7.18. The number of benzene rings is 2. The van der Waals surface area contributed by atoms with Gasteiger partial charge >= 0.3 is 0 Å². The summed E-state index contributed by atoms with van der Waals surface area (Å²) in [6, 6.07) is 16.1. The Labute approximate surface area is 183 Å². The van der Waals surface area contributed by atoms with Crippen molar-refractivity contribution >= 4 is 27.5 Å². The molecular weight excluding hydrogens is 422 g/mol. The predicted molar refractivity (Wildman–Crippen MR) is 119 cm³/mol. The summed E-state index contributed by atoms with van der Waals surface area (Å²) in [6.45, 7) is 6.61. The molecule has 0 unspecified atom stereocenters. The molecule has 160 valence electrons. The minimum absolute atomic E-state index is 0.00341. The Morgan fingerprint density at radius 1 is 1.03 bits per heavy atom. The van der Waals surface area contributed by atoms with E-state index in [0.29, 0.717) is 31.2 Å². The molecule has 8 heteroatoms. The van der Waals surface area contributed by atoms with Crippen LogP contribution in [0.25, 0.3) is 0 Å². The van der Waals surface area contributed by atoms with Crippen LogP contribution >= 0.6 is 11.6 Å². The topological polar surface area (TPSA) is 60.9 Å². The lowest BCUT2D eigenvalue weighted by Gasteiger charge is -2.35. The summed E-state index contributed by atoms with van der Waals surface area (Å²) in [5.41, 5.74) is 1.13. The predicted octanol–water partition coefficient (Wildman–Crippen LogP) is 2.86. The number of hydrogen-bond acceptors (Lipinski definition) is 4. The summed E-state index contributed by atoms with van der Waals surface area (Å²) in [6.07, 6.45) is 1.78.